The van der Waals surface area contributed by atoms with Crippen LogP contribution in [0, 0.1) is 11.8 Å². The smallest absolute Gasteiger partial charge is 0.191 e. The van der Waals surface area contributed by atoms with Gasteiger partial charge in [-0.2, -0.15) is 0 Å². The highest BCUT2D eigenvalue weighted by Gasteiger charge is 2.19. The Hall–Kier alpha value is -0.770. The van der Waals surface area contributed by atoms with Gasteiger partial charge in [-0.25, -0.2) is 0 Å². The Balaban J connectivity index is 1.62. The van der Waals surface area contributed by atoms with Crippen LogP contribution in [-0.2, 0) is 0 Å². The van der Waals surface area contributed by atoms with Crippen LogP contribution in [0.15, 0.2) is 4.99 Å². The van der Waals surface area contributed by atoms with Crippen LogP contribution in [0.5, 0.6) is 0 Å². The van der Waals surface area contributed by atoms with E-state index in [0.717, 1.165) is 37.4 Å². The van der Waals surface area contributed by atoms with E-state index >= 15 is 0 Å². The highest BCUT2D eigenvalue weighted by atomic mass is 15.2. The Morgan fingerprint density at radius 2 is 1.91 bits per heavy atom. The Kier molecular flexibility index (Phi) is 8.06. The third-order valence-corrected chi connectivity index (χ3v) is 5.15. The lowest BCUT2D eigenvalue weighted by atomic mass is 9.86. The van der Waals surface area contributed by atoms with Gasteiger partial charge in [0, 0.05) is 26.2 Å². The van der Waals surface area contributed by atoms with E-state index in [2.05, 4.69) is 29.5 Å². The first-order chi connectivity index (χ1) is 10.8. The molecule has 0 aromatic heterocycles. The van der Waals surface area contributed by atoms with Crippen molar-refractivity contribution in [1.82, 2.24) is 15.5 Å². The molecule has 0 aromatic rings. The number of aliphatic imine (C=N–C) groups is 1. The third-order valence-electron chi connectivity index (χ3n) is 5.15. The summed E-state index contributed by atoms with van der Waals surface area (Å²) in [5.41, 5.74) is 0. The summed E-state index contributed by atoms with van der Waals surface area (Å²) in [5, 5.41) is 6.90. The topological polar surface area (TPSA) is 39.7 Å². The molecule has 1 atom stereocenters. The summed E-state index contributed by atoms with van der Waals surface area (Å²) >= 11 is 0. The van der Waals surface area contributed by atoms with Crippen molar-refractivity contribution < 1.29 is 0 Å². The fraction of sp³-hybridized carbons (Fsp3) is 0.944. The van der Waals surface area contributed by atoms with Gasteiger partial charge in [-0.3, -0.25) is 4.99 Å². The monoisotopic (exact) mass is 308 g/mol. The molecule has 1 heterocycles. The van der Waals surface area contributed by atoms with Crippen molar-refractivity contribution >= 4 is 5.96 Å². The molecule has 0 amide bonds. The Bertz CT molecular complexity index is 323. The Labute approximate surface area is 137 Å². The van der Waals surface area contributed by atoms with E-state index < -0.39 is 0 Å². The van der Waals surface area contributed by atoms with Crippen molar-refractivity contribution in [1.29, 1.82) is 0 Å². The number of hydrogen-bond acceptors (Lipinski definition) is 2. The lowest BCUT2D eigenvalue weighted by molar-refractivity contribution is 0.332. The first-order valence-electron chi connectivity index (χ1n) is 9.48. The molecule has 1 unspecified atom stereocenters. The van der Waals surface area contributed by atoms with Gasteiger partial charge in [0.2, 0.25) is 0 Å². The van der Waals surface area contributed by atoms with Crippen LogP contribution in [0.4, 0.5) is 0 Å². The Morgan fingerprint density at radius 3 is 2.59 bits per heavy atom. The summed E-state index contributed by atoms with van der Waals surface area (Å²) in [5.74, 6) is 2.74. The van der Waals surface area contributed by atoms with Gasteiger partial charge in [-0.15, -0.1) is 0 Å². The average molecular weight is 309 g/mol. The van der Waals surface area contributed by atoms with Crippen LogP contribution < -0.4 is 10.6 Å². The third kappa shape index (κ3) is 6.55. The molecule has 1 saturated carbocycles. The predicted molar refractivity (Wildman–Crippen MR) is 95.4 cm³/mol. The first-order valence-corrected chi connectivity index (χ1v) is 9.48. The van der Waals surface area contributed by atoms with E-state index in [4.69, 9.17) is 4.99 Å². The van der Waals surface area contributed by atoms with Crippen molar-refractivity contribution in [2.75, 3.05) is 39.8 Å². The van der Waals surface area contributed by atoms with Gasteiger partial charge in [-0.05, 0) is 51.6 Å². The minimum atomic E-state index is 0.739. The molecule has 2 aliphatic rings. The summed E-state index contributed by atoms with van der Waals surface area (Å²) < 4.78 is 0. The molecule has 0 bridgehead atoms. The highest BCUT2D eigenvalue weighted by Crippen LogP contribution is 2.26. The number of likely N-dealkylation sites (tertiary alicyclic amines) is 1. The minimum absolute atomic E-state index is 0.739. The predicted octanol–water partition coefficient (Wildman–Crippen LogP) is 2.85. The number of guanidine groups is 1. The first kappa shape index (κ1) is 17.6. The number of hydrogen-bond donors (Lipinski definition) is 2. The van der Waals surface area contributed by atoms with Crippen LogP contribution in [0.2, 0.25) is 0 Å². The minimum Gasteiger partial charge on any atom is -0.357 e. The Morgan fingerprint density at radius 1 is 1.09 bits per heavy atom. The molecular formula is C18H36N4. The zero-order chi connectivity index (χ0) is 15.6. The van der Waals surface area contributed by atoms with E-state index in [-0.39, 0.29) is 0 Å². The van der Waals surface area contributed by atoms with Gasteiger partial charge in [-0.1, -0.05) is 32.1 Å². The molecule has 1 aliphatic carbocycles. The molecule has 1 aliphatic heterocycles. The van der Waals surface area contributed by atoms with Gasteiger partial charge in [0.1, 0.15) is 0 Å². The summed E-state index contributed by atoms with van der Waals surface area (Å²) in [7, 11) is 2.21. The van der Waals surface area contributed by atoms with E-state index in [1.54, 1.807) is 0 Å². The van der Waals surface area contributed by atoms with Crippen molar-refractivity contribution in [2.45, 2.75) is 58.3 Å². The van der Waals surface area contributed by atoms with Crippen LogP contribution >= 0.6 is 0 Å². The lowest BCUT2D eigenvalue weighted by Crippen LogP contribution is -2.38. The van der Waals surface area contributed by atoms with E-state index in [0.29, 0.717) is 0 Å². The summed E-state index contributed by atoms with van der Waals surface area (Å²) in [6.45, 7) is 7.53. The summed E-state index contributed by atoms with van der Waals surface area (Å²) in [6, 6.07) is 0. The largest absolute Gasteiger partial charge is 0.357 e. The second-order valence-corrected chi connectivity index (χ2v) is 7.21. The lowest BCUT2D eigenvalue weighted by Gasteiger charge is -2.21. The van der Waals surface area contributed by atoms with E-state index in [1.807, 2.05) is 0 Å². The molecule has 4 heteroatoms. The van der Waals surface area contributed by atoms with Gasteiger partial charge >= 0.3 is 0 Å². The van der Waals surface area contributed by atoms with E-state index in [1.165, 1.54) is 64.5 Å². The normalized spacial score (nSPS) is 24.6. The molecule has 2 rings (SSSR count). The van der Waals surface area contributed by atoms with Crippen molar-refractivity contribution in [3.8, 4) is 0 Å². The van der Waals surface area contributed by atoms with Gasteiger partial charge in [0.15, 0.2) is 5.96 Å². The molecule has 4 nitrogen and oxygen atoms in total. The van der Waals surface area contributed by atoms with Crippen molar-refractivity contribution in [3.05, 3.63) is 0 Å². The fourth-order valence-electron chi connectivity index (χ4n) is 3.81. The molecule has 0 aromatic carbocycles. The standard InChI is InChI=1S/C18H36N4/c1-3-19-18(21-14-17-11-13-22(2)15-17)20-12-7-10-16-8-5-4-6-9-16/h16-17H,3-15H2,1-2H3,(H2,19,20,21). The summed E-state index contributed by atoms with van der Waals surface area (Å²) in [4.78, 5) is 7.19. The molecular weight excluding hydrogens is 272 g/mol. The van der Waals surface area contributed by atoms with Gasteiger partial charge in [0.25, 0.3) is 0 Å². The number of nitrogens with zero attached hydrogens (tertiary/aromatic N) is 2. The molecule has 2 fully saturated rings. The van der Waals surface area contributed by atoms with Crippen molar-refractivity contribution in [3.63, 3.8) is 0 Å². The second-order valence-electron chi connectivity index (χ2n) is 7.21. The maximum Gasteiger partial charge on any atom is 0.191 e. The van der Waals surface area contributed by atoms with Crippen LogP contribution in [0.25, 0.3) is 0 Å². The zero-order valence-corrected chi connectivity index (χ0v) is 14.7. The number of rotatable bonds is 7. The quantitative estimate of drug-likeness (QED) is 0.431. The molecule has 1 saturated heterocycles. The van der Waals surface area contributed by atoms with Crippen molar-refractivity contribution in [2.24, 2.45) is 16.8 Å². The number of nitrogens with one attached hydrogen (secondary N) is 2. The van der Waals surface area contributed by atoms with Gasteiger partial charge in [0.05, 0.1) is 0 Å². The fourth-order valence-corrected chi connectivity index (χ4v) is 3.81. The maximum atomic E-state index is 4.78. The van der Waals surface area contributed by atoms with Gasteiger partial charge < -0.3 is 15.5 Å². The molecule has 22 heavy (non-hydrogen) atoms. The molecule has 128 valence electrons. The molecule has 0 spiro atoms. The zero-order valence-electron chi connectivity index (χ0n) is 14.7. The second kappa shape index (κ2) is 10.1. The average Bonchev–Trinajstić information content (AvgIpc) is 2.95. The SMILES string of the molecule is CCNC(=NCC1CCN(C)C1)NCCCC1CCCCC1. The summed E-state index contributed by atoms with van der Waals surface area (Å²) in [6.07, 6.45) is 11.3. The molecule has 2 N–H and O–H groups in total. The molecule has 0 radical (unpaired) electrons. The van der Waals surface area contributed by atoms with Crippen LogP contribution in [0.3, 0.4) is 0 Å². The highest BCUT2D eigenvalue weighted by molar-refractivity contribution is 5.79. The van der Waals surface area contributed by atoms with Crippen LogP contribution in [0.1, 0.15) is 58.3 Å². The maximum absolute atomic E-state index is 4.78. The van der Waals surface area contributed by atoms with Crippen LogP contribution in [-0.4, -0.2) is 50.6 Å². The van der Waals surface area contributed by atoms with E-state index in [9.17, 15) is 0 Å².